The van der Waals surface area contributed by atoms with E-state index in [1.165, 1.54) is 16.9 Å². The summed E-state index contributed by atoms with van der Waals surface area (Å²) in [5, 5.41) is 5.74. The number of carbonyl (C=O) groups is 1. The Labute approximate surface area is 157 Å². The highest BCUT2D eigenvalue weighted by Gasteiger charge is 2.28. The standard InChI is InChI=1S/C20H23N3O2S/c1-13-10-22(11-14(2)25-13)19(24)18-9-17-15(3)21-23(20(17)26-18)12-16-7-5-4-6-8-16/h4-9,13-14H,10-12H2,1-3H3. The molecular weight excluding hydrogens is 346 g/mol. The molecule has 0 bridgehead atoms. The Balaban J connectivity index is 1.63. The highest BCUT2D eigenvalue weighted by Crippen LogP contribution is 2.30. The molecule has 1 aliphatic heterocycles. The third-order valence-corrected chi connectivity index (χ3v) is 5.84. The van der Waals surface area contributed by atoms with Crippen molar-refractivity contribution in [1.29, 1.82) is 0 Å². The van der Waals surface area contributed by atoms with E-state index >= 15 is 0 Å². The number of nitrogens with zero attached hydrogens (tertiary/aromatic N) is 3. The lowest BCUT2D eigenvalue weighted by Crippen LogP contribution is -2.48. The predicted molar refractivity (Wildman–Crippen MR) is 104 cm³/mol. The van der Waals surface area contributed by atoms with Crippen molar-refractivity contribution in [3.05, 3.63) is 52.5 Å². The van der Waals surface area contributed by atoms with Crippen molar-refractivity contribution in [2.45, 2.75) is 39.5 Å². The molecule has 1 aliphatic rings. The van der Waals surface area contributed by atoms with Gasteiger partial charge in [0.2, 0.25) is 0 Å². The summed E-state index contributed by atoms with van der Waals surface area (Å²) < 4.78 is 7.75. The van der Waals surface area contributed by atoms with Crippen LogP contribution in [0.3, 0.4) is 0 Å². The van der Waals surface area contributed by atoms with E-state index in [-0.39, 0.29) is 18.1 Å². The van der Waals surface area contributed by atoms with E-state index in [0.29, 0.717) is 19.6 Å². The summed E-state index contributed by atoms with van der Waals surface area (Å²) in [6.07, 6.45) is 0.153. The van der Waals surface area contributed by atoms with E-state index in [1.807, 2.05) is 54.6 Å². The second-order valence-corrected chi connectivity index (χ2v) is 8.06. The number of hydrogen-bond acceptors (Lipinski definition) is 4. The number of morpholine rings is 1. The predicted octanol–water partition coefficient (Wildman–Crippen LogP) is 3.70. The van der Waals surface area contributed by atoms with Crippen molar-refractivity contribution in [3.8, 4) is 0 Å². The van der Waals surface area contributed by atoms with Gasteiger partial charge in [-0.15, -0.1) is 11.3 Å². The maximum Gasteiger partial charge on any atom is 0.264 e. The van der Waals surface area contributed by atoms with E-state index in [9.17, 15) is 4.79 Å². The summed E-state index contributed by atoms with van der Waals surface area (Å²) in [5.74, 6) is 0.0962. The van der Waals surface area contributed by atoms with Gasteiger partial charge in [-0.3, -0.25) is 9.48 Å². The smallest absolute Gasteiger partial charge is 0.264 e. The van der Waals surface area contributed by atoms with Gasteiger partial charge >= 0.3 is 0 Å². The molecule has 4 rings (SSSR count). The van der Waals surface area contributed by atoms with Crippen molar-refractivity contribution >= 4 is 27.5 Å². The molecule has 0 N–H and O–H groups in total. The van der Waals surface area contributed by atoms with Crippen molar-refractivity contribution in [2.75, 3.05) is 13.1 Å². The van der Waals surface area contributed by atoms with Crippen LogP contribution in [0.5, 0.6) is 0 Å². The molecule has 1 amide bonds. The highest BCUT2D eigenvalue weighted by atomic mass is 32.1. The Morgan fingerprint density at radius 2 is 1.92 bits per heavy atom. The zero-order valence-corrected chi connectivity index (χ0v) is 16.1. The Morgan fingerprint density at radius 3 is 2.62 bits per heavy atom. The van der Waals surface area contributed by atoms with Crippen molar-refractivity contribution in [3.63, 3.8) is 0 Å². The third-order valence-electron chi connectivity index (χ3n) is 4.70. The molecule has 26 heavy (non-hydrogen) atoms. The Morgan fingerprint density at radius 1 is 1.23 bits per heavy atom. The van der Waals surface area contributed by atoms with Crippen LogP contribution in [-0.4, -0.2) is 45.9 Å². The molecule has 3 heterocycles. The van der Waals surface area contributed by atoms with Crippen LogP contribution in [0.25, 0.3) is 10.2 Å². The molecule has 0 saturated carbocycles. The minimum absolute atomic E-state index is 0.0763. The molecule has 2 aromatic heterocycles. The average Bonchev–Trinajstić information content (AvgIpc) is 3.16. The van der Waals surface area contributed by atoms with Crippen molar-refractivity contribution in [1.82, 2.24) is 14.7 Å². The second kappa shape index (κ2) is 6.85. The lowest BCUT2D eigenvalue weighted by molar-refractivity contribution is -0.0585. The molecule has 0 spiro atoms. The third kappa shape index (κ3) is 3.27. The Bertz CT molecular complexity index is 921. The normalized spacial score (nSPS) is 20.7. The molecule has 1 fully saturated rings. The first-order valence-electron chi connectivity index (χ1n) is 8.97. The number of hydrogen-bond donors (Lipinski definition) is 0. The van der Waals surface area contributed by atoms with Crippen LogP contribution in [0.2, 0.25) is 0 Å². The number of carbonyl (C=O) groups excluding carboxylic acids is 1. The molecular formula is C20H23N3O2S. The van der Waals surface area contributed by atoms with Crippen LogP contribution in [0.1, 0.15) is 34.8 Å². The van der Waals surface area contributed by atoms with Crippen LogP contribution in [0.4, 0.5) is 0 Å². The second-order valence-electron chi connectivity index (χ2n) is 7.03. The zero-order chi connectivity index (χ0) is 18.3. The molecule has 136 valence electrons. The minimum atomic E-state index is 0.0763. The molecule has 5 nitrogen and oxygen atoms in total. The summed E-state index contributed by atoms with van der Waals surface area (Å²) in [7, 11) is 0. The van der Waals surface area contributed by atoms with Gasteiger partial charge in [-0.1, -0.05) is 30.3 Å². The van der Waals surface area contributed by atoms with E-state index in [2.05, 4.69) is 17.2 Å². The van der Waals surface area contributed by atoms with E-state index in [4.69, 9.17) is 4.74 Å². The maximum atomic E-state index is 13.0. The fourth-order valence-corrected chi connectivity index (χ4v) is 4.71. The molecule has 0 radical (unpaired) electrons. The van der Waals surface area contributed by atoms with Gasteiger partial charge in [0.15, 0.2) is 0 Å². The Kier molecular flexibility index (Phi) is 4.54. The molecule has 1 saturated heterocycles. The van der Waals surface area contributed by atoms with Gasteiger partial charge in [-0.25, -0.2) is 0 Å². The summed E-state index contributed by atoms with van der Waals surface area (Å²) in [5.41, 5.74) is 2.17. The number of thiophene rings is 1. The van der Waals surface area contributed by atoms with Gasteiger partial charge in [-0.2, -0.15) is 5.10 Å². The number of rotatable bonds is 3. The molecule has 6 heteroatoms. The number of fused-ring (bicyclic) bond motifs is 1. The summed E-state index contributed by atoms with van der Waals surface area (Å²) in [6, 6.07) is 12.3. The largest absolute Gasteiger partial charge is 0.372 e. The van der Waals surface area contributed by atoms with Gasteiger partial charge in [-0.05, 0) is 32.4 Å². The fourth-order valence-electron chi connectivity index (χ4n) is 3.58. The molecule has 3 aromatic rings. The number of ether oxygens (including phenoxy) is 1. The highest BCUT2D eigenvalue weighted by molar-refractivity contribution is 7.20. The first kappa shape index (κ1) is 17.2. The maximum absolute atomic E-state index is 13.0. The monoisotopic (exact) mass is 369 g/mol. The van der Waals surface area contributed by atoms with Gasteiger partial charge < -0.3 is 9.64 Å². The first-order chi connectivity index (χ1) is 12.5. The SMILES string of the molecule is Cc1nn(Cc2ccccc2)c2sc(C(=O)N3CC(C)OC(C)C3)cc12. The summed E-state index contributed by atoms with van der Waals surface area (Å²) >= 11 is 1.54. The quantitative estimate of drug-likeness (QED) is 0.707. The van der Waals surface area contributed by atoms with Crippen LogP contribution in [0, 0.1) is 6.92 Å². The lowest BCUT2D eigenvalue weighted by Gasteiger charge is -2.35. The molecule has 2 atom stereocenters. The first-order valence-corrected chi connectivity index (χ1v) is 9.78. The van der Waals surface area contributed by atoms with E-state index < -0.39 is 0 Å². The molecule has 1 aromatic carbocycles. The minimum Gasteiger partial charge on any atom is -0.372 e. The van der Waals surface area contributed by atoms with E-state index in [1.54, 1.807) is 0 Å². The van der Waals surface area contributed by atoms with Gasteiger partial charge in [0, 0.05) is 18.5 Å². The van der Waals surface area contributed by atoms with Gasteiger partial charge in [0.25, 0.3) is 5.91 Å². The van der Waals surface area contributed by atoms with Gasteiger partial charge in [0.1, 0.15) is 4.83 Å². The number of aromatic nitrogens is 2. The topological polar surface area (TPSA) is 47.4 Å². The van der Waals surface area contributed by atoms with Crippen LogP contribution in [0.15, 0.2) is 36.4 Å². The molecule has 0 aliphatic carbocycles. The summed E-state index contributed by atoms with van der Waals surface area (Å²) in [4.78, 5) is 16.7. The average molecular weight is 369 g/mol. The zero-order valence-electron chi connectivity index (χ0n) is 15.3. The van der Waals surface area contributed by atoms with Crippen LogP contribution >= 0.6 is 11.3 Å². The van der Waals surface area contributed by atoms with Crippen molar-refractivity contribution < 1.29 is 9.53 Å². The number of aryl methyl sites for hydroxylation is 1. The van der Waals surface area contributed by atoms with Crippen LogP contribution in [-0.2, 0) is 11.3 Å². The van der Waals surface area contributed by atoms with Crippen molar-refractivity contribution in [2.24, 2.45) is 0 Å². The fraction of sp³-hybridized carbons (Fsp3) is 0.400. The van der Waals surface area contributed by atoms with E-state index in [0.717, 1.165) is 20.8 Å². The lowest BCUT2D eigenvalue weighted by atomic mass is 10.2. The van der Waals surface area contributed by atoms with Gasteiger partial charge in [0.05, 0.1) is 29.3 Å². The Hall–Kier alpha value is -2.18. The number of benzene rings is 1. The van der Waals surface area contributed by atoms with Crippen LogP contribution < -0.4 is 0 Å². The summed E-state index contributed by atoms with van der Waals surface area (Å²) in [6.45, 7) is 8.04. The molecule has 2 unspecified atom stereocenters. The number of amides is 1.